The minimum atomic E-state index is -0.858. The number of hydrogen-bond donors (Lipinski definition) is 1. The average molecular weight is 264 g/mol. The van der Waals surface area contributed by atoms with Gasteiger partial charge in [0.05, 0.1) is 12.2 Å². The van der Waals surface area contributed by atoms with Crippen molar-refractivity contribution in [3.05, 3.63) is 28.8 Å². The lowest BCUT2D eigenvalue weighted by Crippen LogP contribution is -2.29. The van der Waals surface area contributed by atoms with E-state index in [4.69, 9.17) is 4.74 Å². The summed E-state index contributed by atoms with van der Waals surface area (Å²) < 4.78 is 5.81. The fourth-order valence-electron chi connectivity index (χ4n) is 2.43. The second-order valence-electron chi connectivity index (χ2n) is 6.23. The van der Waals surface area contributed by atoms with Crippen LogP contribution in [0.4, 0.5) is 0 Å². The second-order valence-corrected chi connectivity index (χ2v) is 6.23. The molecule has 0 bridgehead atoms. The highest BCUT2D eigenvalue weighted by atomic mass is 16.5. The molecule has 0 unspecified atom stereocenters. The van der Waals surface area contributed by atoms with Crippen molar-refractivity contribution in [2.75, 3.05) is 6.61 Å². The van der Waals surface area contributed by atoms with Crippen molar-refractivity contribution >= 4 is 0 Å². The van der Waals surface area contributed by atoms with Crippen molar-refractivity contribution in [3.63, 3.8) is 0 Å². The molecule has 0 saturated carbocycles. The molecule has 0 fully saturated rings. The molecule has 2 rings (SSSR count). The van der Waals surface area contributed by atoms with Crippen LogP contribution in [0.5, 0.6) is 5.75 Å². The Kier molecular flexibility index (Phi) is 4.67. The van der Waals surface area contributed by atoms with Gasteiger partial charge < -0.3 is 9.84 Å². The van der Waals surface area contributed by atoms with E-state index < -0.39 is 5.60 Å². The van der Waals surface area contributed by atoms with E-state index in [2.05, 4.69) is 26.8 Å². The molecule has 0 radical (unpaired) electrons. The Labute approximate surface area is 117 Å². The Bertz CT molecular complexity index is 422. The monoisotopic (exact) mass is 264 g/mol. The molecule has 1 aromatic rings. The van der Waals surface area contributed by atoms with E-state index >= 15 is 0 Å². The van der Waals surface area contributed by atoms with E-state index in [1.54, 1.807) is 0 Å². The zero-order chi connectivity index (χ0) is 14.8. The van der Waals surface area contributed by atoms with Gasteiger partial charge in [-0.25, -0.2) is 0 Å². The fraction of sp³-hybridized carbons (Fsp3) is 0.647. The van der Waals surface area contributed by atoms with Crippen molar-refractivity contribution in [2.45, 2.75) is 65.9 Å². The van der Waals surface area contributed by atoms with Crippen LogP contribution in [0.2, 0.25) is 0 Å². The largest absolute Gasteiger partial charge is 0.493 e. The third-order valence-electron chi connectivity index (χ3n) is 3.59. The molecule has 1 heterocycles. The van der Waals surface area contributed by atoms with Gasteiger partial charge in [0.15, 0.2) is 0 Å². The first-order chi connectivity index (χ1) is 8.72. The van der Waals surface area contributed by atoms with Crippen LogP contribution < -0.4 is 4.74 Å². The third kappa shape index (κ3) is 3.30. The molecule has 1 aliphatic heterocycles. The summed E-state index contributed by atoms with van der Waals surface area (Å²) in [4.78, 5) is 0. The van der Waals surface area contributed by atoms with Crippen LogP contribution >= 0.6 is 0 Å². The average Bonchev–Trinajstić information content (AvgIpc) is 2.30. The van der Waals surface area contributed by atoms with Gasteiger partial charge in [-0.1, -0.05) is 39.3 Å². The maximum Gasteiger partial charge on any atom is 0.129 e. The number of benzene rings is 1. The van der Waals surface area contributed by atoms with Crippen molar-refractivity contribution in [1.82, 2.24) is 0 Å². The highest BCUT2D eigenvalue weighted by Gasteiger charge is 2.33. The minimum absolute atomic E-state index is 0.125. The van der Waals surface area contributed by atoms with E-state index in [1.807, 2.05) is 33.8 Å². The van der Waals surface area contributed by atoms with Crippen LogP contribution in [-0.2, 0) is 11.0 Å². The molecule has 1 aliphatic rings. The molecule has 2 heteroatoms. The number of rotatable bonds is 1. The summed E-state index contributed by atoms with van der Waals surface area (Å²) in [6.45, 7) is 14.9. The van der Waals surface area contributed by atoms with Gasteiger partial charge >= 0.3 is 0 Å². The molecule has 0 saturated heterocycles. The topological polar surface area (TPSA) is 29.5 Å². The normalized spacial score (nSPS) is 16.8. The Morgan fingerprint density at radius 2 is 1.79 bits per heavy atom. The standard InChI is InChI=1S/C15H22O2.C2H6/c1-10-8-11-13(12(9-10)15(4,5)16)17-7-6-14(11,2)3;1-2/h8-9,16H,6-7H2,1-5H3;1-2H3. The van der Waals surface area contributed by atoms with Gasteiger partial charge in [0, 0.05) is 11.1 Å². The number of fused-ring (bicyclic) bond motifs is 1. The van der Waals surface area contributed by atoms with E-state index in [9.17, 15) is 5.11 Å². The summed E-state index contributed by atoms with van der Waals surface area (Å²) in [6.07, 6.45) is 1.02. The van der Waals surface area contributed by atoms with Crippen molar-refractivity contribution in [3.8, 4) is 5.75 Å². The van der Waals surface area contributed by atoms with E-state index in [0.29, 0.717) is 0 Å². The van der Waals surface area contributed by atoms with Crippen LogP contribution in [0.3, 0.4) is 0 Å². The molecule has 1 aromatic carbocycles. The molecule has 19 heavy (non-hydrogen) atoms. The maximum atomic E-state index is 10.3. The predicted molar refractivity (Wildman–Crippen MR) is 80.9 cm³/mol. The van der Waals surface area contributed by atoms with Gasteiger partial charge in [-0.15, -0.1) is 0 Å². The summed E-state index contributed by atoms with van der Waals surface area (Å²) in [5.41, 5.74) is 2.57. The van der Waals surface area contributed by atoms with Crippen molar-refractivity contribution in [1.29, 1.82) is 0 Å². The Morgan fingerprint density at radius 3 is 2.32 bits per heavy atom. The summed E-state index contributed by atoms with van der Waals surface area (Å²) in [7, 11) is 0. The molecule has 0 amide bonds. The van der Waals surface area contributed by atoms with Crippen LogP contribution in [0, 0.1) is 6.92 Å². The Hall–Kier alpha value is -1.02. The highest BCUT2D eigenvalue weighted by molar-refractivity contribution is 5.51. The van der Waals surface area contributed by atoms with Crippen molar-refractivity contribution < 1.29 is 9.84 Å². The number of aryl methyl sites for hydroxylation is 1. The van der Waals surface area contributed by atoms with Gasteiger partial charge in [0.25, 0.3) is 0 Å². The molecule has 108 valence electrons. The van der Waals surface area contributed by atoms with E-state index in [0.717, 1.165) is 24.3 Å². The number of hydrogen-bond acceptors (Lipinski definition) is 2. The Balaban J connectivity index is 0.000000861. The molecule has 0 atom stereocenters. The third-order valence-corrected chi connectivity index (χ3v) is 3.59. The molecular weight excluding hydrogens is 236 g/mol. The van der Waals surface area contributed by atoms with Gasteiger partial charge in [-0.05, 0) is 38.7 Å². The molecule has 0 aliphatic carbocycles. The minimum Gasteiger partial charge on any atom is -0.493 e. The predicted octanol–water partition coefficient (Wildman–Crippen LogP) is 4.31. The van der Waals surface area contributed by atoms with Gasteiger partial charge in [0.1, 0.15) is 5.75 Å². The Morgan fingerprint density at radius 1 is 1.21 bits per heavy atom. The van der Waals surface area contributed by atoms with Crippen LogP contribution in [0.15, 0.2) is 12.1 Å². The van der Waals surface area contributed by atoms with Crippen molar-refractivity contribution in [2.24, 2.45) is 0 Å². The zero-order valence-corrected chi connectivity index (χ0v) is 13.4. The van der Waals surface area contributed by atoms with Gasteiger partial charge in [-0.2, -0.15) is 0 Å². The fourth-order valence-corrected chi connectivity index (χ4v) is 2.43. The highest BCUT2D eigenvalue weighted by Crippen LogP contribution is 2.44. The van der Waals surface area contributed by atoms with Gasteiger partial charge in [0.2, 0.25) is 0 Å². The molecule has 1 N–H and O–H groups in total. The van der Waals surface area contributed by atoms with E-state index in [1.165, 1.54) is 11.1 Å². The first-order valence-corrected chi connectivity index (χ1v) is 7.22. The molecule has 0 spiro atoms. The molecular formula is C17H28O2. The van der Waals surface area contributed by atoms with Crippen LogP contribution in [-0.4, -0.2) is 11.7 Å². The summed E-state index contributed by atoms with van der Waals surface area (Å²) in [5, 5.41) is 10.3. The number of ether oxygens (including phenoxy) is 1. The van der Waals surface area contributed by atoms with E-state index in [-0.39, 0.29) is 5.41 Å². The van der Waals surface area contributed by atoms with Gasteiger partial charge in [-0.3, -0.25) is 0 Å². The lowest BCUT2D eigenvalue weighted by molar-refractivity contribution is 0.0727. The first kappa shape index (κ1) is 16.0. The summed E-state index contributed by atoms with van der Waals surface area (Å²) in [5.74, 6) is 0.888. The van der Waals surface area contributed by atoms with Crippen LogP contribution in [0.25, 0.3) is 0 Å². The lowest BCUT2D eigenvalue weighted by Gasteiger charge is -2.36. The second kappa shape index (κ2) is 5.54. The summed E-state index contributed by atoms with van der Waals surface area (Å²) >= 11 is 0. The van der Waals surface area contributed by atoms with Crippen LogP contribution in [0.1, 0.15) is 64.7 Å². The summed E-state index contributed by atoms with van der Waals surface area (Å²) in [6, 6.07) is 4.21. The molecule has 0 aromatic heterocycles. The quantitative estimate of drug-likeness (QED) is 0.819. The smallest absolute Gasteiger partial charge is 0.129 e. The first-order valence-electron chi connectivity index (χ1n) is 7.22. The lowest BCUT2D eigenvalue weighted by atomic mass is 9.77. The zero-order valence-electron chi connectivity index (χ0n) is 13.4. The molecule has 2 nitrogen and oxygen atoms in total. The SMILES string of the molecule is CC.Cc1cc(C(C)(C)O)c2c(c1)C(C)(C)CCO2. The number of aliphatic hydroxyl groups is 1. The maximum absolute atomic E-state index is 10.3.